The molecule has 0 spiro atoms. The summed E-state index contributed by atoms with van der Waals surface area (Å²) in [4.78, 5) is 5.08. The van der Waals surface area contributed by atoms with Crippen molar-refractivity contribution in [2.24, 2.45) is 10.7 Å². The smallest absolute Gasteiger partial charge is 0.144 e. The van der Waals surface area contributed by atoms with E-state index in [0.29, 0.717) is 5.88 Å². The van der Waals surface area contributed by atoms with E-state index in [2.05, 4.69) is 11.7 Å². The molecular weight excluding hydrogens is 196 g/mol. The Kier molecular flexibility index (Phi) is 4.22. The zero-order chi connectivity index (χ0) is 10.6. The topological polar surface area (TPSA) is 47.6 Å². The van der Waals surface area contributed by atoms with Gasteiger partial charge in [0.25, 0.3) is 0 Å². The number of methoxy groups -OCH3 is 1. The molecule has 1 rings (SSSR count). The summed E-state index contributed by atoms with van der Waals surface area (Å²) < 4.78 is 5.33. The Hall–Kier alpha value is -0.740. The highest BCUT2D eigenvalue weighted by Gasteiger charge is 2.22. The first kappa shape index (κ1) is 11.3. The van der Waals surface area contributed by atoms with Gasteiger partial charge in [0, 0.05) is 10.8 Å². The lowest BCUT2D eigenvalue weighted by atomic mass is 10.3. The highest BCUT2D eigenvalue weighted by Crippen LogP contribution is 2.37. The van der Waals surface area contributed by atoms with Crippen molar-refractivity contribution in [2.75, 3.05) is 13.0 Å². The van der Waals surface area contributed by atoms with Gasteiger partial charge in [-0.15, -0.1) is 11.8 Å². The zero-order valence-corrected chi connectivity index (χ0v) is 9.49. The van der Waals surface area contributed by atoms with Gasteiger partial charge in [-0.05, 0) is 32.1 Å². The molecule has 0 aliphatic heterocycles. The minimum absolute atomic E-state index is 0.553. The van der Waals surface area contributed by atoms with Crippen LogP contribution in [0.15, 0.2) is 26.9 Å². The number of rotatable bonds is 5. The average Bonchev–Trinajstić information content (AvgIpc) is 2.97. The molecule has 2 N–H and O–H groups in total. The fourth-order valence-electron chi connectivity index (χ4n) is 1.23. The van der Waals surface area contributed by atoms with Gasteiger partial charge in [-0.3, -0.25) is 4.99 Å². The van der Waals surface area contributed by atoms with E-state index >= 15 is 0 Å². The standard InChI is InChI=1S/C10H16N2OS/c1-7(14-6-11)9(12-2)10(13-3)8-4-5-8/h2,4-6,11H2,1,3H3/b9-7-. The predicted molar refractivity (Wildman–Crippen MR) is 62.2 cm³/mol. The Balaban J connectivity index is 2.95. The lowest BCUT2D eigenvalue weighted by Crippen LogP contribution is -1.97. The Morgan fingerprint density at radius 2 is 2.29 bits per heavy atom. The van der Waals surface area contributed by atoms with Crippen molar-refractivity contribution < 1.29 is 4.74 Å². The third kappa shape index (κ3) is 2.62. The Labute approximate surface area is 89.1 Å². The van der Waals surface area contributed by atoms with Crippen LogP contribution in [0.25, 0.3) is 0 Å². The molecule has 4 heteroatoms. The SMILES string of the molecule is C=N/C(C(OC)=C1CC1)=C(/C)SCN. The van der Waals surface area contributed by atoms with E-state index in [9.17, 15) is 0 Å². The predicted octanol–water partition coefficient (Wildman–Crippen LogP) is 2.26. The lowest BCUT2D eigenvalue weighted by Gasteiger charge is -2.09. The first-order valence-corrected chi connectivity index (χ1v) is 5.50. The van der Waals surface area contributed by atoms with Gasteiger partial charge < -0.3 is 10.5 Å². The first-order chi connectivity index (χ1) is 6.74. The number of allylic oxidation sites excluding steroid dienone is 2. The number of hydrogen-bond donors (Lipinski definition) is 1. The van der Waals surface area contributed by atoms with E-state index in [1.807, 2.05) is 6.92 Å². The summed E-state index contributed by atoms with van der Waals surface area (Å²) in [6, 6.07) is 0. The minimum Gasteiger partial charge on any atom is -0.495 e. The van der Waals surface area contributed by atoms with Crippen LogP contribution in [-0.4, -0.2) is 19.7 Å². The summed E-state index contributed by atoms with van der Waals surface area (Å²) in [5.74, 6) is 1.44. The molecule has 0 aromatic rings. The largest absolute Gasteiger partial charge is 0.495 e. The fraction of sp³-hybridized carbons (Fsp3) is 0.500. The molecule has 0 amide bonds. The summed E-state index contributed by atoms with van der Waals surface area (Å²) in [6.45, 7) is 5.56. The van der Waals surface area contributed by atoms with Crippen LogP contribution >= 0.6 is 11.8 Å². The molecule has 0 aromatic heterocycles. The van der Waals surface area contributed by atoms with Gasteiger partial charge in [0.2, 0.25) is 0 Å². The second-order valence-corrected chi connectivity index (χ2v) is 4.25. The average molecular weight is 212 g/mol. The maximum atomic E-state index is 5.47. The van der Waals surface area contributed by atoms with Gasteiger partial charge in [0.1, 0.15) is 11.5 Å². The Morgan fingerprint density at radius 1 is 1.64 bits per heavy atom. The molecule has 0 bridgehead atoms. The molecule has 0 radical (unpaired) electrons. The van der Waals surface area contributed by atoms with Crippen LogP contribution in [0.4, 0.5) is 0 Å². The lowest BCUT2D eigenvalue weighted by molar-refractivity contribution is 0.298. The second kappa shape index (κ2) is 5.22. The quantitative estimate of drug-likeness (QED) is 0.432. The van der Waals surface area contributed by atoms with Gasteiger partial charge >= 0.3 is 0 Å². The van der Waals surface area contributed by atoms with Gasteiger partial charge in [0.05, 0.1) is 7.11 Å². The molecule has 0 atom stereocenters. The fourth-order valence-corrected chi connectivity index (χ4v) is 1.78. The molecule has 1 saturated carbocycles. The highest BCUT2D eigenvalue weighted by atomic mass is 32.2. The summed E-state index contributed by atoms with van der Waals surface area (Å²) in [7, 11) is 1.67. The van der Waals surface area contributed by atoms with Gasteiger partial charge in [0.15, 0.2) is 0 Å². The number of thioether (sulfide) groups is 1. The summed E-state index contributed by atoms with van der Waals surface area (Å²) in [5, 5.41) is 0. The van der Waals surface area contributed by atoms with E-state index in [4.69, 9.17) is 10.5 Å². The minimum atomic E-state index is 0.553. The summed E-state index contributed by atoms with van der Waals surface area (Å²) in [5.41, 5.74) is 7.63. The van der Waals surface area contributed by atoms with Crippen LogP contribution in [0.5, 0.6) is 0 Å². The molecule has 14 heavy (non-hydrogen) atoms. The molecule has 1 aliphatic rings. The molecule has 0 unspecified atom stereocenters. The number of ether oxygens (including phenoxy) is 1. The van der Waals surface area contributed by atoms with Gasteiger partial charge in [-0.25, -0.2) is 0 Å². The van der Waals surface area contributed by atoms with E-state index in [-0.39, 0.29) is 0 Å². The molecular formula is C10H16N2OS. The normalized spacial score (nSPS) is 16.1. The van der Waals surface area contributed by atoms with Crippen molar-refractivity contribution in [2.45, 2.75) is 19.8 Å². The van der Waals surface area contributed by atoms with Crippen molar-refractivity contribution >= 4 is 18.5 Å². The van der Waals surface area contributed by atoms with Crippen molar-refractivity contribution in [3.05, 3.63) is 21.9 Å². The number of aliphatic imine (C=N–C) groups is 1. The van der Waals surface area contributed by atoms with Gasteiger partial charge in [-0.1, -0.05) is 0 Å². The third-order valence-electron chi connectivity index (χ3n) is 2.03. The Morgan fingerprint density at radius 3 is 2.64 bits per heavy atom. The molecule has 0 saturated heterocycles. The van der Waals surface area contributed by atoms with E-state index < -0.39 is 0 Å². The summed E-state index contributed by atoms with van der Waals surface area (Å²) in [6.07, 6.45) is 2.23. The van der Waals surface area contributed by atoms with E-state index in [1.54, 1.807) is 18.9 Å². The Bertz CT molecular complexity index is 288. The van der Waals surface area contributed by atoms with Crippen LogP contribution in [-0.2, 0) is 4.74 Å². The molecule has 78 valence electrons. The number of nitrogens with zero attached hydrogens (tertiary/aromatic N) is 1. The van der Waals surface area contributed by atoms with Crippen LogP contribution in [0.3, 0.4) is 0 Å². The van der Waals surface area contributed by atoms with Crippen molar-refractivity contribution in [3.8, 4) is 0 Å². The number of nitrogens with two attached hydrogens (primary N) is 1. The van der Waals surface area contributed by atoms with Gasteiger partial charge in [-0.2, -0.15) is 0 Å². The van der Waals surface area contributed by atoms with Crippen LogP contribution in [0, 0.1) is 0 Å². The highest BCUT2D eigenvalue weighted by molar-refractivity contribution is 8.03. The van der Waals surface area contributed by atoms with Crippen molar-refractivity contribution in [1.29, 1.82) is 0 Å². The van der Waals surface area contributed by atoms with Crippen molar-refractivity contribution in [1.82, 2.24) is 0 Å². The maximum absolute atomic E-state index is 5.47. The van der Waals surface area contributed by atoms with E-state index in [1.165, 1.54) is 5.57 Å². The molecule has 0 aromatic carbocycles. The van der Waals surface area contributed by atoms with Crippen LogP contribution in [0.2, 0.25) is 0 Å². The molecule has 0 heterocycles. The maximum Gasteiger partial charge on any atom is 0.144 e. The second-order valence-electron chi connectivity index (χ2n) is 3.01. The summed E-state index contributed by atoms with van der Waals surface area (Å²) >= 11 is 1.56. The van der Waals surface area contributed by atoms with Crippen LogP contribution in [0.1, 0.15) is 19.8 Å². The third-order valence-corrected chi connectivity index (χ3v) is 2.82. The first-order valence-electron chi connectivity index (χ1n) is 4.51. The van der Waals surface area contributed by atoms with Crippen LogP contribution < -0.4 is 5.73 Å². The molecule has 3 nitrogen and oxygen atoms in total. The monoisotopic (exact) mass is 212 g/mol. The molecule has 1 fully saturated rings. The zero-order valence-electron chi connectivity index (χ0n) is 8.67. The molecule has 1 aliphatic carbocycles. The number of hydrogen-bond acceptors (Lipinski definition) is 4. The van der Waals surface area contributed by atoms with E-state index in [0.717, 1.165) is 29.2 Å². The van der Waals surface area contributed by atoms with Crippen molar-refractivity contribution in [3.63, 3.8) is 0 Å².